The van der Waals surface area contributed by atoms with E-state index < -0.39 is 0 Å². The SMILES string of the molecule is COc1ccc(CCN2C(=O)C(=Cc3ccc(Cl)cc3)SC2=Nc2ccc(N3CCCCC3)cc2)cc1. The van der Waals surface area contributed by atoms with Crippen molar-refractivity contribution >= 4 is 51.9 Å². The smallest absolute Gasteiger partial charge is 0.266 e. The summed E-state index contributed by atoms with van der Waals surface area (Å²) in [6.07, 6.45) is 6.43. The minimum atomic E-state index is -0.0304. The number of carbonyl (C=O) groups excluding carboxylic acids is 1. The molecule has 5 rings (SSSR count). The zero-order valence-electron chi connectivity index (χ0n) is 20.9. The Hall–Kier alpha value is -3.22. The molecular weight excluding hydrogens is 502 g/mol. The van der Waals surface area contributed by atoms with Gasteiger partial charge in [-0.1, -0.05) is 35.9 Å². The van der Waals surface area contributed by atoms with E-state index in [9.17, 15) is 4.79 Å². The van der Waals surface area contributed by atoms with Crippen molar-refractivity contribution in [3.63, 3.8) is 0 Å². The van der Waals surface area contributed by atoms with E-state index in [0.29, 0.717) is 21.6 Å². The van der Waals surface area contributed by atoms with Gasteiger partial charge in [-0.05, 0) is 103 Å². The lowest BCUT2D eigenvalue weighted by atomic mass is 10.1. The number of ether oxygens (including phenoxy) is 1. The van der Waals surface area contributed by atoms with Crippen molar-refractivity contribution < 1.29 is 9.53 Å². The minimum Gasteiger partial charge on any atom is -0.497 e. The van der Waals surface area contributed by atoms with E-state index >= 15 is 0 Å². The number of halogens is 1. The molecule has 0 bridgehead atoms. The van der Waals surface area contributed by atoms with Gasteiger partial charge in [-0.2, -0.15) is 0 Å². The first-order valence-electron chi connectivity index (χ1n) is 12.6. The van der Waals surface area contributed by atoms with Crippen LogP contribution >= 0.6 is 23.4 Å². The van der Waals surface area contributed by atoms with Crippen LogP contribution in [0.5, 0.6) is 5.75 Å². The molecule has 5 nitrogen and oxygen atoms in total. The molecule has 190 valence electrons. The second-order valence-corrected chi connectivity index (χ2v) is 10.6. The molecule has 37 heavy (non-hydrogen) atoms. The van der Waals surface area contributed by atoms with Gasteiger partial charge in [0, 0.05) is 30.3 Å². The van der Waals surface area contributed by atoms with E-state index in [1.165, 1.54) is 36.7 Å². The molecule has 2 saturated heterocycles. The Morgan fingerprint density at radius 3 is 2.32 bits per heavy atom. The molecule has 2 heterocycles. The minimum absolute atomic E-state index is 0.0304. The molecule has 3 aromatic carbocycles. The molecule has 7 heteroatoms. The van der Waals surface area contributed by atoms with Gasteiger partial charge in [-0.15, -0.1) is 0 Å². The lowest BCUT2D eigenvalue weighted by molar-refractivity contribution is -0.122. The third-order valence-electron chi connectivity index (χ3n) is 6.63. The summed E-state index contributed by atoms with van der Waals surface area (Å²) in [5, 5.41) is 1.37. The number of aliphatic imine (C=N–C) groups is 1. The van der Waals surface area contributed by atoms with Crippen molar-refractivity contribution in [1.82, 2.24) is 4.90 Å². The lowest BCUT2D eigenvalue weighted by Crippen LogP contribution is -2.31. The highest BCUT2D eigenvalue weighted by Crippen LogP contribution is 2.35. The van der Waals surface area contributed by atoms with Crippen LogP contribution in [-0.4, -0.2) is 42.7 Å². The molecule has 1 amide bonds. The van der Waals surface area contributed by atoms with Crippen LogP contribution in [0.3, 0.4) is 0 Å². The number of hydrogen-bond donors (Lipinski definition) is 0. The van der Waals surface area contributed by atoms with E-state index in [1.807, 2.05) is 66.7 Å². The molecule has 2 aliphatic heterocycles. The van der Waals surface area contributed by atoms with Crippen LogP contribution in [0.1, 0.15) is 30.4 Å². The summed E-state index contributed by atoms with van der Waals surface area (Å²) in [6.45, 7) is 2.76. The van der Waals surface area contributed by atoms with Gasteiger partial charge in [0.1, 0.15) is 5.75 Å². The molecule has 0 spiro atoms. The number of benzene rings is 3. The Labute approximate surface area is 227 Å². The molecule has 0 N–H and O–H groups in total. The van der Waals surface area contributed by atoms with E-state index in [-0.39, 0.29) is 5.91 Å². The summed E-state index contributed by atoms with van der Waals surface area (Å²) >= 11 is 7.46. The van der Waals surface area contributed by atoms with Crippen LogP contribution < -0.4 is 9.64 Å². The maximum Gasteiger partial charge on any atom is 0.266 e. The zero-order chi connectivity index (χ0) is 25.6. The molecule has 0 saturated carbocycles. The highest BCUT2D eigenvalue weighted by atomic mass is 35.5. The number of carbonyl (C=O) groups is 1. The van der Waals surface area contributed by atoms with Crippen molar-refractivity contribution in [1.29, 1.82) is 0 Å². The van der Waals surface area contributed by atoms with Gasteiger partial charge in [-0.25, -0.2) is 4.99 Å². The highest BCUT2D eigenvalue weighted by molar-refractivity contribution is 8.18. The van der Waals surface area contributed by atoms with Crippen molar-refractivity contribution in [2.24, 2.45) is 4.99 Å². The fourth-order valence-electron chi connectivity index (χ4n) is 4.53. The predicted molar refractivity (Wildman–Crippen MR) is 155 cm³/mol. The number of methoxy groups -OCH3 is 1. The van der Waals surface area contributed by atoms with E-state index in [2.05, 4.69) is 17.0 Å². The maximum absolute atomic E-state index is 13.5. The van der Waals surface area contributed by atoms with Crippen LogP contribution in [0.4, 0.5) is 11.4 Å². The fraction of sp³-hybridized carbons (Fsp3) is 0.267. The van der Waals surface area contributed by atoms with Gasteiger partial charge in [0.05, 0.1) is 17.7 Å². The third kappa shape index (κ3) is 6.38. The molecule has 0 aliphatic carbocycles. The van der Waals surface area contributed by atoms with Crippen molar-refractivity contribution in [3.05, 3.63) is 93.9 Å². The number of hydrogen-bond acceptors (Lipinski definition) is 5. The predicted octanol–water partition coefficient (Wildman–Crippen LogP) is 7.19. The van der Waals surface area contributed by atoms with Crippen LogP contribution in [0.2, 0.25) is 5.02 Å². The van der Waals surface area contributed by atoms with Crippen LogP contribution in [0.25, 0.3) is 6.08 Å². The molecular formula is C30H30ClN3O2S. The van der Waals surface area contributed by atoms with Gasteiger partial charge in [-0.3, -0.25) is 9.69 Å². The molecule has 2 fully saturated rings. The van der Waals surface area contributed by atoms with Gasteiger partial charge < -0.3 is 9.64 Å². The number of amides is 1. The number of amidine groups is 1. The molecule has 3 aromatic rings. The quantitative estimate of drug-likeness (QED) is 0.303. The first-order chi connectivity index (χ1) is 18.1. The molecule has 2 aliphatic rings. The molecule has 0 unspecified atom stereocenters. The number of thioether (sulfide) groups is 1. The number of nitrogens with zero attached hydrogens (tertiary/aromatic N) is 3. The Morgan fingerprint density at radius 2 is 1.65 bits per heavy atom. The van der Waals surface area contributed by atoms with Crippen molar-refractivity contribution in [2.45, 2.75) is 25.7 Å². The van der Waals surface area contributed by atoms with Gasteiger partial charge in [0.25, 0.3) is 5.91 Å². The van der Waals surface area contributed by atoms with Crippen LogP contribution in [0.15, 0.2) is 82.7 Å². The monoisotopic (exact) mass is 531 g/mol. The summed E-state index contributed by atoms with van der Waals surface area (Å²) in [7, 11) is 1.66. The van der Waals surface area contributed by atoms with Crippen molar-refractivity contribution in [3.8, 4) is 5.75 Å². The maximum atomic E-state index is 13.5. The topological polar surface area (TPSA) is 45.1 Å². The van der Waals surface area contributed by atoms with Gasteiger partial charge in [0.2, 0.25) is 0 Å². The molecule has 0 atom stereocenters. The first-order valence-corrected chi connectivity index (χ1v) is 13.8. The Morgan fingerprint density at radius 1 is 0.946 bits per heavy atom. The summed E-state index contributed by atoms with van der Waals surface area (Å²) in [6, 6.07) is 23.8. The van der Waals surface area contributed by atoms with Crippen LogP contribution in [-0.2, 0) is 11.2 Å². The van der Waals surface area contributed by atoms with Crippen LogP contribution in [0, 0.1) is 0 Å². The van der Waals surface area contributed by atoms with E-state index in [0.717, 1.165) is 42.1 Å². The Bertz CT molecular complexity index is 1280. The first kappa shape index (κ1) is 25.4. The Kier molecular flexibility index (Phi) is 8.17. The number of piperidine rings is 1. The fourth-order valence-corrected chi connectivity index (χ4v) is 5.68. The average Bonchev–Trinajstić information content (AvgIpc) is 3.23. The zero-order valence-corrected chi connectivity index (χ0v) is 22.5. The summed E-state index contributed by atoms with van der Waals surface area (Å²) in [5.41, 5.74) is 4.15. The normalized spacial score (nSPS) is 18.2. The second kappa shape index (κ2) is 11.9. The number of anilines is 1. The Balaban J connectivity index is 1.38. The molecule has 0 aromatic heterocycles. The summed E-state index contributed by atoms with van der Waals surface area (Å²) in [4.78, 5) is 23.2. The average molecular weight is 532 g/mol. The molecule has 0 radical (unpaired) electrons. The van der Waals surface area contributed by atoms with E-state index in [4.69, 9.17) is 21.3 Å². The van der Waals surface area contributed by atoms with E-state index in [1.54, 1.807) is 12.0 Å². The summed E-state index contributed by atoms with van der Waals surface area (Å²) in [5.74, 6) is 0.789. The lowest BCUT2D eigenvalue weighted by Gasteiger charge is -2.28. The second-order valence-electron chi connectivity index (χ2n) is 9.18. The highest BCUT2D eigenvalue weighted by Gasteiger charge is 2.33. The number of rotatable bonds is 7. The van der Waals surface area contributed by atoms with Gasteiger partial charge in [0.15, 0.2) is 5.17 Å². The van der Waals surface area contributed by atoms with Crippen molar-refractivity contribution in [2.75, 3.05) is 31.6 Å². The standard InChI is InChI=1S/C30H30ClN3O2S/c1-36-27-15-7-22(8-16-27)17-20-34-29(35)28(21-23-5-9-24(31)10-6-23)37-30(34)32-25-11-13-26(14-12-25)33-18-3-2-4-19-33/h5-16,21H,2-4,17-20H2,1H3. The summed E-state index contributed by atoms with van der Waals surface area (Å²) < 4.78 is 5.27. The third-order valence-corrected chi connectivity index (χ3v) is 7.89. The largest absolute Gasteiger partial charge is 0.497 e. The van der Waals surface area contributed by atoms with Gasteiger partial charge >= 0.3 is 0 Å².